The van der Waals surface area contributed by atoms with E-state index in [1.807, 2.05) is 31.5 Å². The molecule has 1 unspecified atom stereocenters. The molecule has 1 aromatic heterocycles. The quantitative estimate of drug-likeness (QED) is 0.914. The van der Waals surface area contributed by atoms with Gasteiger partial charge in [-0.1, -0.05) is 0 Å². The van der Waals surface area contributed by atoms with E-state index in [1.165, 1.54) is 0 Å². The number of benzene rings is 1. The van der Waals surface area contributed by atoms with Crippen LogP contribution in [-0.2, 0) is 13.0 Å². The molecule has 0 aliphatic carbocycles. The van der Waals surface area contributed by atoms with Crippen molar-refractivity contribution in [2.24, 2.45) is 0 Å². The Kier molecular flexibility index (Phi) is 2.78. The monoisotopic (exact) mass is 272 g/mol. The zero-order chi connectivity index (χ0) is 14.5. The topological polar surface area (TPSA) is 47.3 Å². The van der Waals surface area contributed by atoms with E-state index in [9.17, 15) is 5.11 Å². The molecule has 4 heteroatoms. The van der Waals surface area contributed by atoms with Crippen LogP contribution in [0.1, 0.15) is 29.2 Å². The number of ether oxygens (including phenoxy) is 1. The van der Waals surface area contributed by atoms with Crippen LogP contribution in [0.5, 0.6) is 11.5 Å². The summed E-state index contributed by atoms with van der Waals surface area (Å²) < 4.78 is 8.29. The van der Waals surface area contributed by atoms with Gasteiger partial charge in [-0.3, -0.25) is 0 Å². The number of hydrogen-bond donors (Lipinski definition) is 1. The second kappa shape index (κ2) is 4.27. The minimum Gasteiger partial charge on any atom is -0.507 e. The van der Waals surface area contributed by atoms with Gasteiger partial charge in [0.25, 0.3) is 0 Å². The molecule has 0 radical (unpaired) electrons. The summed E-state index contributed by atoms with van der Waals surface area (Å²) in [7, 11) is 0. The van der Waals surface area contributed by atoms with E-state index in [2.05, 4.69) is 11.9 Å². The number of rotatable bonds is 2. The first-order valence-electron chi connectivity index (χ1n) is 6.87. The zero-order valence-corrected chi connectivity index (χ0v) is 12.4. The Morgan fingerprint density at radius 3 is 2.70 bits per heavy atom. The number of aromatic hydroxyl groups is 1. The average molecular weight is 272 g/mol. The van der Waals surface area contributed by atoms with Gasteiger partial charge in [-0.15, -0.1) is 0 Å². The third-order valence-corrected chi connectivity index (χ3v) is 4.32. The molecular formula is C16H20N2O2. The highest BCUT2D eigenvalue weighted by Crippen LogP contribution is 2.45. The number of hydrogen-bond acceptors (Lipinski definition) is 3. The first-order chi connectivity index (χ1) is 9.41. The van der Waals surface area contributed by atoms with Crippen molar-refractivity contribution in [3.05, 3.63) is 41.0 Å². The molecule has 0 saturated carbocycles. The third-order valence-electron chi connectivity index (χ3n) is 4.32. The summed E-state index contributed by atoms with van der Waals surface area (Å²) >= 11 is 0. The van der Waals surface area contributed by atoms with Crippen LogP contribution in [0.25, 0.3) is 0 Å². The van der Waals surface area contributed by atoms with Crippen LogP contribution in [0, 0.1) is 20.8 Å². The number of phenols is 1. The number of nitrogens with zero attached hydrogens (tertiary/aromatic N) is 2. The lowest BCUT2D eigenvalue weighted by Gasteiger charge is -2.24. The third kappa shape index (κ3) is 1.87. The van der Waals surface area contributed by atoms with Crippen LogP contribution in [0.3, 0.4) is 0 Å². The van der Waals surface area contributed by atoms with Crippen molar-refractivity contribution in [2.75, 3.05) is 0 Å². The van der Waals surface area contributed by atoms with Crippen molar-refractivity contribution in [3.8, 4) is 11.5 Å². The number of phenolic OH excluding ortho intramolecular Hbond substituents is 1. The highest BCUT2D eigenvalue weighted by molar-refractivity contribution is 5.59. The van der Waals surface area contributed by atoms with Crippen LogP contribution in [0.4, 0.5) is 0 Å². The molecule has 1 aliphatic heterocycles. The van der Waals surface area contributed by atoms with E-state index >= 15 is 0 Å². The molecule has 1 aromatic carbocycles. The Balaban J connectivity index is 2.00. The summed E-state index contributed by atoms with van der Waals surface area (Å²) in [4.78, 5) is 4.08. The molecule has 1 N–H and O–H groups in total. The molecule has 0 saturated heterocycles. The first-order valence-corrected chi connectivity index (χ1v) is 6.87. The predicted octanol–water partition coefficient (Wildman–Crippen LogP) is 2.91. The second-order valence-corrected chi connectivity index (χ2v) is 6.00. The van der Waals surface area contributed by atoms with E-state index in [0.29, 0.717) is 5.75 Å². The van der Waals surface area contributed by atoms with Crippen molar-refractivity contribution in [1.82, 2.24) is 9.55 Å². The molecule has 20 heavy (non-hydrogen) atoms. The molecule has 2 heterocycles. The average Bonchev–Trinajstić information content (AvgIpc) is 3.02. The maximum Gasteiger partial charge on any atom is 0.128 e. The summed E-state index contributed by atoms with van der Waals surface area (Å²) in [5.41, 5.74) is 3.73. The Morgan fingerprint density at radius 1 is 1.30 bits per heavy atom. The molecule has 0 amide bonds. The van der Waals surface area contributed by atoms with E-state index in [4.69, 9.17) is 4.74 Å². The van der Waals surface area contributed by atoms with Gasteiger partial charge in [0.1, 0.15) is 17.1 Å². The largest absolute Gasteiger partial charge is 0.507 e. The molecule has 0 bridgehead atoms. The predicted molar refractivity (Wildman–Crippen MR) is 77.3 cm³/mol. The normalized spacial score (nSPS) is 20.8. The van der Waals surface area contributed by atoms with E-state index in [0.717, 1.165) is 41.0 Å². The zero-order valence-electron chi connectivity index (χ0n) is 12.4. The number of aromatic nitrogens is 2. The molecule has 0 spiro atoms. The Morgan fingerprint density at radius 2 is 2.05 bits per heavy atom. The van der Waals surface area contributed by atoms with Crippen LogP contribution in [0.15, 0.2) is 18.7 Å². The Bertz CT molecular complexity index is 623. The van der Waals surface area contributed by atoms with Gasteiger partial charge in [-0.25, -0.2) is 4.98 Å². The maximum atomic E-state index is 10.2. The van der Waals surface area contributed by atoms with Gasteiger partial charge in [0.15, 0.2) is 0 Å². The van der Waals surface area contributed by atoms with Gasteiger partial charge in [0.2, 0.25) is 0 Å². The van der Waals surface area contributed by atoms with Crippen LogP contribution < -0.4 is 4.74 Å². The Labute approximate surface area is 119 Å². The van der Waals surface area contributed by atoms with Crippen molar-refractivity contribution >= 4 is 0 Å². The number of fused-ring (bicyclic) bond motifs is 1. The maximum absolute atomic E-state index is 10.2. The Hall–Kier alpha value is -1.97. The fourth-order valence-corrected chi connectivity index (χ4v) is 3.03. The van der Waals surface area contributed by atoms with Gasteiger partial charge >= 0.3 is 0 Å². The van der Waals surface area contributed by atoms with Gasteiger partial charge in [0, 0.05) is 24.4 Å². The van der Waals surface area contributed by atoms with E-state index < -0.39 is 0 Å². The highest BCUT2D eigenvalue weighted by atomic mass is 16.5. The SMILES string of the molecule is Cc1c(C)c2c(c(C)c1O)CC(C)(Cn1ccnc1)O2. The van der Waals surface area contributed by atoms with E-state index in [1.54, 1.807) is 12.5 Å². The summed E-state index contributed by atoms with van der Waals surface area (Å²) in [6.07, 6.45) is 6.33. The molecule has 0 fully saturated rings. The minimum absolute atomic E-state index is 0.293. The van der Waals surface area contributed by atoms with Crippen LogP contribution in [-0.4, -0.2) is 20.3 Å². The summed E-state index contributed by atoms with van der Waals surface area (Å²) in [6.45, 7) is 8.77. The van der Waals surface area contributed by atoms with Crippen molar-refractivity contribution in [2.45, 2.75) is 46.3 Å². The van der Waals surface area contributed by atoms with Gasteiger partial charge in [0.05, 0.1) is 12.9 Å². The fraction of sp³-hybridized carbons (Fsp3) is 0.438. The molecule has 1 atom stereocenters. The van der Waals surface area contributed by atoms with Gasteiger partial charge in [-0.2, -0.15) is 0 Å². The molecule has 4 nitrogen and oxygen atoms in total. The number of imidazole rings is 1. The molecule has 3 rings (SSSR count). The first kappa shape index (κ1) is 13.0. The molecule has 106 valence electrons. The molecule has 2 aromatic rings. The van der Waals surface area contributed by atoms with Crippen molar-refractivity contribution in [3.63, 3.8) is 0 Å². The lowest BCUT2D eigenvalue weighted by atomic mass is 9.92. The summed E-state index contributed by atoms with van der Waals surface area (Å²) in [5, 5.41) is 10.2. The van der Waals surface area contributed by atoms with Crippen LogP contribution >= 0.6 is 0 Å². The van der Waals surface area contributed by atoms with E-state index in [-0.39, 0.29) is 5.60 Å². The highest BCUT2D eigenvalue weighted by Gasteiger charge is 2.38. The summed E-state index contributed by atoms with van der Waals surface area (Å²) in [5.74, 6) is 1.34. The lowest BCUT2D eigenvalue weighted by molar-refractivity contribution is 0.0943. The van der Waals surface area contributed by atoms with Crippen molar-refractivity contribution < 1.29 is 9.84 Å². The smallest absolute Gasteiger partial charge is 0.128 e. The van der Waals surface area contributed by atoms with Crippen LogP contribution in [0.2, 0.25) is 0 Å². The fourth-order valence-electron chi connectivity index (χ4n) is 3.03. The second-order valence-electron chi connectivity index (χ2n) is 6.00. The molecular weight excluding hydrogens is 252 g/mol. The van der Waals surface area contributed by atoms with Crippen molar-refractivity contribution in [1.29, 1.82) is 0 Å². The summed E-state index contributed by atoms with van der Waals surface area (Å²) in [6, 6.07) is 0. The van der Waals surface area contributed by atoms with Gasteiger partial charge in [-0.05, 0) is 44.4 Å². The standard InChI is InChI=1S/C16H20N2O2/c1-10-11(2)15-13(12(3)14(10)19)7-16(4,20-15)8-18-6-5-17-9-18/h5-6,9,19H,7-8H2,1-4H3. The lowest BCUT2D eigenvalue weighted by Crippen LogP contribution is -2.35. The molecule has 1 aliphatic rings. The minimum atomic E-state index is -0.293. The van der Waals surface area contributed by atoms with Gasteiger partial charge < -0.3 is 14.4 Å².